The van der Waals surface area contributed by atoms with E-state index >= 15 is 0 Å². The molecule has 92 valence electrons. The molecule has 1 aromatic heterocycles. The van der Waals surface area contributed by atoms with Gasteiger partial charge in [0.25, 0.3) is 0 Å². The molecule has 3 nitrogen and oxygen atoms in total. The van der Waals surface area contributed by atoms with Gasteiger partial charge in [-0.2, -0.15) is 4.99 Å². The van der Waals surface area contributed by atoms with Crippen LogP contribution in [0.25, 0.3) is 10.9 Å². The molecule has 4 heteroatoms. The number of benzene rings is 1. The third-order valence-corrected chi connectivity index (χ3v) is 3.89. The van der Waals surface area contributed by atoms with Gasteiger partial charge in [-0.25, -0.2) is 9.18 Å². The van der Waals surface area contributed by atoms with Crippen LogP contribution in [-0.4, -0.2) is 11.1 Å². The molecule has 1 aliphatic carbocycles. The van der Waals surface area contributed by atoms with Gasteiger partial charge in [-0.3, -0.25) is 0 Å². The number of isocyanates is 1. The van der Waals surface area contributed by atoms with Crippen molar-refractivity contribution < 1.29 is 9.18 Å². The molecular weight excluding hydrogens is 231 g/mol. The highest BCUT2D eigenvalue weighted by Gasteiger charge is 2.45. The van der Waals surface area contributed by atoms with E-state index in [1.54, 1.807) is 6.08 Å². The van der Waals surface area contributed by atoms with Crippen molar-refractivity contribution >= 4 is 17.0 Å². The lowest BCUT2D eigenvalue weighted by molar-refractivity contribution is 0.555. The Hall–Kier alpha value is -1.93. The smallest absolute Gasteiger partial charge is 0.235 e. The van der Waals surface area contributed by atoms with Crippen molar-refractivity contribution in [2.75, 3.05) is 0 Å². The maximum atomic E-state index is 14.1. The van der Waals surface area contributed by atoms with Crippen LogP contribution in [0.2, 0.25) is 0 Å². The average Bonchev–Trinajstić information content (AvgIpc) is 3.06. The number of nitrogens with one attached hydrogen (secondary N) is 1. The number of nitrogens with zero attached hydrogens (tertiary/aromatic N) is 1. The molecule has 1 N–H and O–H groups in total. The Kier molecular flexibility index (Phi) is 2.19. The molecule has 0 radical (unpaired) electrons. The van der Waals surface area contributed by atoms with Gasteiger partial charge < -0.3 is 4.98 Å². The first-order valence-corrected chi connectivity index (χ1v) is 5.95. The Morgan fingerprint density at radius 3 is 2.72 bits per heavy atom. The molecule has 1 fully saturated rings. The SMILES string of the molecule is Cc1[nH]c2c(F)cc(C3(N=C=O)CC3)cc2c1C. The largest absolute Gasteiger partial charge is 0.356 e. The van der Waals surface area contributed by atoms with E-state index in [2.05, 4.69) is 9.98 Å². The van der Waals surface area contributed by atoms with Gasteiger partial charge in [0, 0.05) is 11.1 Å². The summed E-state index contributed by atoms with van der Waals surface area (Å²) in [7, 11) is 0. The Bertz CT molecular complexity index is 691. The Morgan fingerprint density at radius 2 is 2.11 bits per heavy atom. The summed E-state index contributed by atoms with van der Waals surface area (Å²) in [6.45, 7) is 3.88. The van der Waals surface area contributed by atoms with Crippen LogP contribution < -0.4 is 0 Å². The topological polar surface area (TPSA) is 45.2 Å². The van der Waals surface area contributed by atoms with Gasteiger partial charge in [0.2, 0.25) is 6.08 Å². The van der Waals surface area contributed by atoms with E-state index < -0.39 is 5.54 Å². The first-order chi connectivity index (χ1) is 8.57. The van der Waals surface area contributed by atoms with Crippen LogP contribution in [-0.2, 0) is 10.3 Å². The average molecular weight is 244 g/mol. The van der Waals surface area contributed by atoms with E-state index in [-0.39, 0.29) is 5.82 Å². The second-order valence-corrected chi connectivity index (χ2v) is 4.99. The zero-order valence-electron chi connectivity index (χ0n) is 10.3. The van der Waals surface area contributed by atoms with Crippen molar-refractivity contribution in [3.8, 4) is 0 Å². The van der Waals surface area contributed by atoms with Crippen LogP contribution in [0, 0.1) is 19.7 Å². The number of carbonyl (C=O) groups excluding carboxylic acids is 1. The van der Waals surface area contributed by atoms with E-state index in [9.17, 15) is 9.18 Å². The Labute approximate surface area is 104 Å². The number of aryl methyl sites for hydroxylation is 2. The van der Waals surface area contributed by atoms with Crippen LogP contribution >= 0.6 is 0 Å². The predicted octanol–water partition coefficient (Wildman–Crippen LogP) is 3.25. The fourth-order valence-electron chi connectivity index (χ4n) is 2.45. The van der Waals surface area contributed by atoms with Crippen molar-refractivity contribution in [2.45, 2.75) is 32.2 Å². The molecule has 18 heavy (non-hydrogen) atoms. The minimum absolute atomic E-state index is 0.286. The third-order valence-electron chi connectivity index (χ3n) is 3.89. The second kappa shape index (κ2) is 3.53. The van der Waals surface area contributed by atoms with Crippen LogP contribution in [0.15, 0.2) is 17.1 Å². The normalized spacial score (nSPS) is 16.6. The molecule has 0 unspecified atom stereocenters. The minimum atomic E-state index is -0.519. The third kappa shape index (κ3) is 1.42. The number of aliphatic imine (C=N–C) groups is 1. The molecule has 0 aliphatic heterocycles. The van der Waals surface area contributed by atoms with Crippen LogP contribution in [0.5, 0.6) is 0 Å². The maximum Gasteiger partial charge on any atom is 0.235 e. The van der Waals surface area contributed by atoms with Crippen molar-refractivity contribution in [1.82, 2.24) is 4.98 Å². The van der Waals surface area contributed by atoms with Gasteiger partial charge in [0.15, 0.2) is 0 Å². The van der Waals surface area contributed by atoms with E-state index in [0.717, 1.165) is 35.0 Å². The highest BCUT2D eigenvalue weighted by molar-refractivity contribution is 5.86. The Balaban J connectivity index is 2.27. The molecule has 2 aromatic rings. The summed E-state index contributed by atoms with van der Waals surface area (Å²) in [6.07, 6.45) is 3.18. The maximum absolute atomic E-state index is 14.1. The number of rotatable bonds is 2. The van der Waals surface area contributed by atoms with Gasteiger partial charge in [-0.05, 0) is 49.9 Å². The van der Waals surface area contributed by atoms with E-state index in [0.29, 0.717) is 5.52 Å². The number of halogens is 1. The van der Waals surface area contributed by atoms with Crippen molar-refractivity contribution in [1.29, 1.82) is 0 Å². The number of H-pyrrole nitrogens is 1. The summed E-state index contributed by atoms with van der Waals surface area (Å²) in [5, 5.41) is 0.870. The molecule has 0 amide bonds. The van der Waals surface area contributed by atoms with Crippen molar-refractivity contribution in [3.05, 3.63) is 34.8 Å². The number of hydrogen-bond acceptors (Lipinski definition) is 2. The van der Waals surface area contributed by atoms with Crippen molar-refractivity contribution in [3.63, 3.8) is 0 Å². The molecule has 1 aliphatic rings. The van der Waals surface area contributed by atoms with E-state index in [1.807, 2.05) is 19.9 Å². The summed E-state index contributed by atoms with van der Waals surface area (Å²) in [5.74, 6) is -0.286. The highest BCUT2D eigenvalue weighted by atomic mass is 19.1. The molecule has 0 atom stereocenters. The molecule has 0 bridgehead atoms. The van der Waals surface area contributed by atoms with E-state index in [1.165, 1.54) is 6.07 Å². The molecule has 3 rings (SSSR count). The number of fused-ring (bicyclic) bond motifs is 1. The fraction of sp³-hybridized carbons (Fsp3) is 0.357. The molecule has 0 saturated heterocycles. The van der Waals surface area contributed by atoms with Gasteiger partial charge in [0.1, 0.15) is 5.82 Å². The lowest BCUT2D eigenvalue weighted by atomic mass is 10.0. The zero-order chi connectivity index (χ0) is 12.9. The first-order valence-electron chi connectivity index (χ1n) is 5.95. The summed E-state index contributed by atoms with van der Waals surface area (Å²) < 4.78 is 14.1. The first kappa shape index (κ1) is 11.2. The van der Waals surface area contributed by atoms with E-state index in [4.69, 9.17) is 0 Å². The summed E-state index contributed by atoms with van der Waals surface area (Å²) in [4.78, 5) is 17.3. The van der Waals surface area contributed by atoms with Gasteiger partial charge in [-0.1, -0.05) is 0 Å². The number of aromatic nitrogens is 1. The zero-order valence-corrected chi connectivity index (χ0v) is 10.3. The monoisotopic (exact) mass is 244 g/mol. The second-order valence-electron chi connectivity index (χ2n) is 4.99. The number of hydrogen-bond donors (Lipinski definition) is 1. The molecular formula is C14H13FN2O. The van der Waals surface area contributed by atoms with Crippen LogP contribution in [0.1, 0.15) is 29.7 Å². The lowest BCUT2D eigenvalue weighted by Crippen LogP contribution is -2.03. The quantitative estimate of drug-likeness (QED) is 0.639. The summed E-state index contributed by atoms with van der Waals surface area (Å²) >= 11 is 0. The van der Waals surface area contributed by atoms with Gasteiger partial charge in [0.05, 0.1) is 11.1 Å². The van der Waals surface area contributed by atoms with Gasteiger partial charge >= 0.3 is 0 Å². The summed E-state index contributed by atoms with van der Waals surface area (Å²) in [6, 6.07) is 3.41. The Morgan fingerprint density at radius 1 is 1.39 bits per heavy atom. The minimum Gasteiger partial charge on any atom is -0.356 e. The highest BCUT2D eigenvalue weighted by Crippen LogP contribution is 2.50. The van der Waals surface area contributed by atoms with Crippen LogP contribution in [0.4, 0.5) is 4.39 Å². The molecule has 1 aromatic carbocycles. The number of aromatic amines is 1. The lowest BCUT2D eigenvalue weighted by Gasteiger charge is -2.09. The molecule has 0 spiro atoms. The summed E-state index contributed by atoms with van der Waals surface area (Å²) in [5.41, 5.74) is 2.79. The molecule has 1 saturated carbocycles. The fourth-order valence-corrected chi connectivity index (χ4v) is 2.45. The predicted molar refractivity (Wildman–Crippen MR) is 66.8 cm³/mol. The standard InChI is InChI=1S/C14H13FN2O/c1-8-9(2)17-13-11(8)5-10(6-12(13)15)14(3-4-14)16-7-18/h5-6,17H,3-4H2,1-2H3. The molecule has 1 heterocycles. The van der Waals surface area contributed by atoms with Crippen molar-refractivity contribution in [2.24, 2.45) is 4.99 Å². The van der Waals surface area contributed by atoms with Gasteiger partial charge in [-0.15, -0.1) is 0 Å². The van der Waals surface area contributed by atoms with Crippen LogP contribution in [0.3, 0.4) is 0 Å².